The number of benzene rings is 1. The first kappa shape index (κ1) is 14.2. The van der Waals surface area contributed by atoms with E-state index in [-0.39, 0.29) is 0 Å². The van der Waals surface area contributed by atoms with Crippen LogP contribution in [0.1, 0.15) is 17.8 Å². The van der Waals surface area contributed by atoms with E-state index in [0.717, 1.165) is 30.9 Å². The zero-order valence-corrected chi connectivity index (χ0v) is 12.3. The van der Waals surface area contributed by atoms with E-state index in [9.17, 15) is 0 Å². The van der Waals surface area contributed by atoms with Crippen LogP contribution in [0.3, 0.4) is 0 Å². The Morgan fingerprint density at radius 1 is 1.05 bits per heavy atom. The first-order valence-corrected chi connectivity index (χ1v) is 6.85. The number of rotatable bonds is 6. The molecule has 1 aromatic carbocycles. The second-order valence-electron chi connectivity index (χ2n) is 4.84. The van der Waals surface area contributed by atoms with Crippen molar-refractivity contribution < 1.29 is 0 Å². The Morgan fingerprint density at radius 3 is 2.50 bits per heavy atom. The maximum absolute atomic E-state index is 4.35. The average Bonchev–Trinajstić information content (AvgIpc) is 2.48. The van der Waals surface area contributed by atoms with Crippen LogP contribution in [0.25, 0.3) is 0 Å². The third-order valence-corrected chi connectivity index (χ3v) is 3.24. The van der Waals surface area contributed by atoms with Gasteiger partial charge in [0.15, 0.2) is 0 Å². The predicted octanol–water partition coefficient (Wildman–Crippen LogP) is 2.43. The monoisotopic (exact) mass is 271 g/mol. The van der Waals surface area contributed by atoms with Gasteiger partial charge in [-0.1, -0.05) is 18.2 Å². The molecule has 0 spiro atoms. The molecule has 5 heteroatoms. The van der Waals surface area contributed by atoms with Crippen molar-refractivity contribution in [2.45, 2.75) is 20.3 Å². The van der Waals surface area contributed by atoms with E-state index >= 15 is 0 Å². The summed E-state index contributed by atoms with van der Waals surface area (Å²) in [6.45, 7) is 5.67. The number of aromatic nitrogens is 3. The van der Waals surface area contributed by atoms with Crippen LogP contribution in [0.4, 0.5) is 11.6 Å². The summed E-state index contributed by atoms with van der Waals surface area (Å²) in [5.41, 5.74) is 3.03. The normalized spacial score (nSPS) is 10.3. The van der Waals surface area contributed by atoms with Crippen molar-refractivity contribution in [2.24, 2.45) is 0 Å². The van der Waals surface area contributed by atoms with E-state index in [1.165, 1.54) is 5.69 Å². The van der Waals surface area contributed by atoms with Crippen LogP contribution >= 0.6 is 0 Å². The molecular formula is C15H21N5. The van der Waals surface area contributed by atoms with Gasteiger partial charge in [-0.05, 0) is 32.4 Å². The summed E-state index contributed by atoms with van der Waals surface area (Å²) in [7, 11) is 2.10. The Bertz CT molecular complexity index is 541. The highest BCUT2D eigenvalue weighted by atomic mass is 15.2. The molecule has 0 aliphatic rings. The molecule has 1 aromatic heterocycles. The van der Waals surface area contributed by atoms with E-state index in [1.54, 1.807) is 0 Å². The molecule has 1 N–H and O–H groups in total. The lowest BCUT2D eigenvalue weighted by molar-refractivity contribution is 0.801. The number of hydrogen-bond acceptors (Lipinski definition) is 5. The van der Waals surface area contributed by atoms with E-state index in [1.807, 2.05) is 19.9 Å². The van der Waals surface area contributed by atoms with Crippen LogP contribution < -0.4 is 10.2 Å². The molecule has 2 aromatic rings. The molecule has 0 aliphatic heterocycles. The average molecular weight is 271 g/mol. The maximum Gasteiger partial charge on any atom is 0.242 e. The second kappa shape index (κ2) is 6.84. The largest absolute Gasteiger partial charge is 0.375 e. The minimum Gasteiger partial charge on any atom is -0.375 e. The van der Waals surface area contributed by atoms with Gasteiger partial charge in [0.25, 0.3) is 0 Å². The molecule has 0 saturated carbocycles. The number of nitrogens with zero attached hydrogens (tertiary/aromatic N) is 4. The summed E-state index contributed by atoms with van der Waals surface area (Å²) >= 11 is 0. The van der Waals surface area contributed by atoms with Crippen molar-refractivity contribution in [2.75, 3.05) is 30.4 Å². The van der Waals surface area contributed by atoms with Crippen molar-refractivity contribution in [3.8, 4) is 0 Å². The topological polar surface area (TPSA) is 53.9 Å². The molecule has 20 heavy (non-hydrogen) atoms. The van der Waals surface area contributed by atoms with Gasteiger partial charge in [0, 0.05) is 25.8 Å². The smallest absolute Gasteiger partial charge is 0.242 e. The minimum absolute atomic E-state index is 0.607. The molecule has 0 aliphatic carbocycles. The van der Waals surface area contributed by atoms with Crippen LogP contribution in [0, 0.1) is 13.8 Å². The van der Waals surface area contributed by atoms with Crippen molar-refractivity contribution >= 4 is 11.6 Å². The van der Waals surface area contributed by atoms with E-state index in [0.29, 0.717) is 5.95 Å². The van der Waals surface area contributed by atoms with E-state index in [4.69, 9.17) is 0 Å². The highest BCUT2D eigenvalue weighted by Gasteiger charge is 2.02. The molecule has 2 rings (SSSR count). The van der Waals surface area contributed by atoms with E-state index < -0.39 is 0 Å². The summed E-state index contributed by atoms with van der Waals surface area (Å²) in [5.74, 6) is 0.607. The number of anilines is 2. The minimum atomic E-state index is 0.607. The Balaban J connectivity index is 1.75. The van der Waals surface area contributed by atoms with Gasteiger partial charge in [0.1, 0.15) is 0 Å². The van der Waals surface area contributed by atoms with Gasteiger partial charge in [-0.15, -0.1) is 5.10 Å². The lowest BCUT2D eigenvalue weighted by Crippen LogP contribution is -2.21. The van der Waals surface area contributed by atoms with Gasteiger partial charge < -0.3 is 10.2 Å². The number of hydrogen-bond donors (Lipinski definition) is 1. The quantitative estimate of drug-likeness (QED) is 0.818. The van der Waals surface area contributed by atoms with Gasteiger partial charge in [-0.2, -0.15) is 5.10 Å². The van der Waals surface area contributed by atoms with Crippen molar-refractivity contribution in [3.05, 3.63) is 41.7 Å². The molecule has 0 unspecified atom stereocenters. The van der Waals surface area contributed by atoms with Gasteiger partial charge in [-0.25, -0.2) is 4.98 Å². The third kappa shape index (κ3) is 3.91. The third-order valence-electron chi connectivity index (χ3n) is 3.24. The molecule has 0 saturated heterocycles. The molecule has 0 amide bonds. The molecule has 5 nitrogen and oxygen atoms in total. The van der Waals surface area contributed by atoms with Gasteiger partial charge in [0.2, 0.25) is 5.95 Å². The SMILES string of the molecule is Cc1nnc(NCCCN(C)c2ccccc2)nc1C. The number of aryl methyl sites for hydroxylation is 2. The van der Waals surface area contributed by atoms with Crippen LogP contribution in [0.15, 0.2) is 30.3 Å². The summed E-state index contributed by atoms with van der Waals surface area (Å²) in [6, 6.07) is 10.4. The molecule has 106 valence electrons. The van der Waals surface area contributed by atoms with Gasteiger partial charge in [0.05, 0.1) is 11.4 Å². The summed E-state index contributed by atoms with van der Waals surface area (Å²) in [4.78, 5) is 6.59. The molecule has 1 heterocycles. The summed E-state index contributed by atoms with van der Waals surface area (Å²) in [6.07, 6.45) is 1.02. The Labute approximate surface area is 120 Å². The van der Waals surface area contributed by atoms with Gasteiger partial charge >= 0.3 is 0 Å². The zero-order chi connectivity index (χ0) is 14.4. The molecule has 0 fully saturated rings. The first-order chi connectivity index (χ1) is 9.66. The fourth-order valence-electron chi connectivity index (χ4n) is 1.86. The van der Waals surface area contributed by atoms with Crippen LogP contribution in [-0.2, 0) is 0 Å². The van der Waals surface area contributed by atoms with Crippen LogP contribution in [0.5, 0.6) is 0 Å². The van der Waals surface area contributed by atoms with Crippen molar-refractivity contribution in [1.29, 1.82) is 0 Å². The summed E-state index contributed by atoms with van der Waals surface area (Å²) < 4.78 is 0. The maximum atomic E-state index is 4.35. The van der Waals surface area contributed by atoms with Crippen LogP contribution in [0.2, 0.25) is 0 Å². The van der Waals surface area contributed by atoms with Crippen LogP contribution in [-0.4, -0.2) is 35.3 Å². The first-order valence-electron chi connectivity index (χ1n) is 6.85. The highest BCUT2D eigenvalue weighted by Crippen LogP contribution is 2.11. The second-order valence-corrected chi connectivity index (χ2v) is 4.84. The predicted molar refractivity (Wildman–Crippen MR) is 82.1 cm³/mol. The fraction of sp³-hybridized carbons (Fsp3) is 0.400. The fourth-order valence-corrected chi connectivity index (χ4v) is 1.86. The number of para-hydroxylation sites is 1. The highest BCUT2D eigenvalue weighted by molar-refractivity contribution is 5.44. The Morgan fingerprint density at radius 2 is 1.80 bits per heavy atom. The summed E-state index contributed by atoms with van der Waals surface area (Å²) in [5, 5.41) is 11.3. The lowest BCUT2D eigenvalue weighted by atomic mass is 10.3. The molecule has 0 radical (unpaired) electrons. The standard InChI is InChI=1S/C15H21N5/c1-12-13(2)18-19-15(17-12)16-10-7-11-20(3)14-8-5-4-6-9-14/h4-6,8-9H,7,10-11H2,1-3H3,(H,16,17,19). The number of nitrogens with one attached hydrogen (secondary N) is 1. The lowest BCUT2D eigenvalue weighted by Gasteiger charge is -2.19. The molecule has 0 atom stereocenters. The van der Waals surface area contributed by atoms with Gasteiger partial charge in [-0.3, -0.25) is 0 Å². The van der Waals surface area contributed by atoms with E-state index in [2.05, 4.69) is 56.7 Å². The van der Waals surface area contributed by atoms with Crippen molar-refractivity contribution in [1.82, 2.24) is 15.2 Å². The Kier molecular flexibility index (Phi) is 4.87. The molecule has 0 bridgehead atoms. The van der Waals surface area contributed by atoms with Crippen molar-refractivity contribution in [3.63, 3.8) is 0 Å². The Hall–Kier alpha value is -2.17. The molecular weight excluding hydrogens is 250 g/mol. The zero-order valence-electron chi connectivity index (χ0n) is 12.3.